The summed E-state index contributed by atoms with van der Waals surface area (Å²) < 4.78 is 80.9. The van der Waals surface area contributed by atoms with Crippen LogP contribution in [0.5, 0.6) is 5.75 Å². The van der Waals surface area contributed by atoms with Crippen molar-refractivity contribution < 1.29 is 45.1 Å². The van der Waals surface area contributed by atoms with E-state index in [4.69, 9.17) is 4.74 Å². The van der Waals surface area contributed by atoms with Crippen molar-refractivity contribution in [1.29, 1.82) is 0 Å². The van der Waals surface area contributed by atoms with Gasteiger partial charge in [-0.05, 0) is 49.8 Å². The van der Waals surface area contributed by atoms with Gasteiger partial charge in [0, 0.05) is 12.6 Å². The van der Waals surface area contributed by atoms with Gasteiger partial charge in [-0.3, -0.25) is 4.79 Å². The van der Waals surface area contributed by atoms with Gasteiger partial charge in [-0.15, -0.1) is 0 Å². The molecule has 0 radical (unpaired) electrons. The first kappa shape index (κ1) is 23.3. The third-order valence-corrected chi connectivity index (χ3v) is 5.60. The molecular formula is C18H20F4N2O6S. The number of alkyl halides is 3. The van der Waals surface area contributed by atoms with Crippen molar-refractivity contribution in [2.75, 3.05) is 19.3 Å². The summed E-state index contributed by atoms with van der Waals surface area (Å²) in [6.45, 7) is 1.37. The van der Waals surface area contributed by atoms with Crippen molar-refractivity contribution in [2.45, 2.75) is 43.9 Å². The predicted molar refractivity (Wildman–Crippen MR) is 98.1 cm³/mol. The molecule has 1 aliphatic carbocycles. The van der Waals surface area contributed by atoms with Gasteiger partial charge in [-0.1, -0.05) is 4.47 Å². The molecule has 172 valence electrons. The van der Waals surface area contributed by atoms with Gasteiger partial charge in [-0.25, -0.2) is 17.6 Å². The number of ether oxygens (including phenoxy) is 1. The number of sulfonamides is 1. The molecule has 1 heterocycles. The molecule has 31 heavy (non-hydrogen) atoms. The first-order chi connectivity index (χ1) is 14.4. The number of carbonyl (C=O) groups is 2. The fraction of sp³-hybridized carbons (Fsp3) is 0.556. The summed E-state index contributed by atoms with van der Waals surface area (Å²) >= 11 is 0. The van der Waals surface area contributed by atoms with Gasteiger partial charge in [0.15, 0.2) is 0 Å². The monoisotopic (exact) mass is 468 g/mol. The van der Waals surface area contributed by atoms with Gasteiger partial charge in [0.25, 0.3) is 10.0 Å². The number of carbonyl (C=O) groups excluding carboxylic acids is 2. The molecule has 2 fully saturated rings. The third kappa shape index (κ3) is 5.64. The lowest BCUT2D eigenvalue weighted by molar-refractivity contribution is -0.216. The fourth-order valence-electron chi connectivity index (χ4n) is 3.14. The molecular weight excluding hydrogens is 448 g/mol. The number of nitrogens with zero attached hydrogens (tertiary/aromatic N) is 1. The van der Waals surface area contributed by atoms with Crippen molar-refractivity contribution in [2.24, 2.45) is 0 Å². The highest BCUT2D eigenvalue weighted by Gasteiger charge is 2.45. The Balaban J connectivity index is 1.93. The van der Waals surface area contributed by atoms with Crippen LogP contribution in [0.2, 0.25) is 0 Å². The SMILES string of the molecule is CS(=O)(=O)N(OC(=O)C(F)(F)F)C(=O)c1cc(C2CC2)c(O[C@@H]2CCCNC2)cc1F. The molecule has 1 saturated heterocycles. The molecule has 13 heteroatoms. The molecule has 0 unspecified atom stereocenters. The smallest absolute Gasteiger partial charge is 0.489 e. The Morgan fingerprint density at radius 3 is 2.39 bits per heavy atom. The van der Waals surface area contributed by atoms with Crippen LogP contribution in [0.1, 0.15) is 47.5 Å². The Labute approximate surface area is 175 Å². The fourth-order valence-corrected chi connectivity index (χ4v) is 3.74. The normalized spacial score (nSPS) is 19.6. The summed E-state index contributed by atoms with van der Waals surface area (Å²) in [5.41, 5.74) is -0.414. The Morgan fingerprint density at radius 1 is 1.19 bits per heavy atom. The lowest BCUT2D eigenvalue weighted by Crippen LogP contribution is -2.42. The van der Waals surface area contributed by atoms with Crippen LogP contribution in [0, 0.1) is 5.82 Å². The number of hydrogen-bond acceptors (Lipinski definition) is 7. The van der Waals surface area contributed by atoms with Crippen molar-refractivity contribution >= 4 is 21.9 Å². The van der Waals surface area contributed by atoms with Crippen LogP contribution in [-0.2, 0) is 19.7 Å². The average molecular weight is 468 g/mol. The minimum absolute atomic E-state index is 0.0666. The Bertz CT molecular complexity index is 972. The summed E-state index contributed by atoms with van der Waals surface area (Å²) in [7, 11) is -4.80. The zero-order chi connectivity index (χ0) is 23.0. The van der Waals surface area contributed by atoms with Crippen molar-refractivity contribution in [3.8, 4) is 5.75 Å². The second-order valence-electron chi connectivity index (χ2n) is 7.40. The van der Waals surface area contributed by atoms with Gasteiger partial charge >= 0.3 is 18.1 Å². The van der Waals surface area contributed by atoms with Crippen molar-refractivity contribution in [3.05, 3.63) is 29.1 Å². The number of hydroxylamine groups is 1. The van der Waals surface area contributed by atoms with Crippen LogP contribution >= 0.6 is 0 Å². The number of benzene rings is 1. The van der Waals surface area contributed by atoms with E-state index < -0.39 is 43.9 Å². The second kappa shape index (κ2) is 8.61. The van der Waals surface area contributed by atoms with Crippen LogP contribution in [0.15, 0.2) is 12.1 Å². The van der Waals surface area contributed by atoms with Gasteiger partial charge in [0.1, 0.15) is 17.7 Å². The predicted octanol–water partition coefficient (Wildman–Crippen LogP) is 2.26. The number of hydrogen-bond donors (Lipinski definition) is 1. The number of rotatable bonds is 5. The maximum absolute atomic E-state index is 14.7. The van der Waals surface area contributed by atoms with Crippen molar-refractivity contribution in [1.82, 2.24) is 9.79 Å². The molecule has 1 aromatic rings. The summed E-state index contributed by atoms with van der Waals surface area (Å²) in [6.07, 6.45) is -2.42. The molecule has 2 aliphatic rings. The van der Waals surface area contributed by atoms with E-state index in [9.17, 15) is 35.6 Å². The van der Waals surface area contributed by atoms with E-state index in [1.165, 1.54) is 0 Å². The van der Waals surface area contributed by atoms with Crippen LogP contribution < -0.4 is 10.1 Å². The number of nitrogens with one attached hydrogen (secondary N) is 1. The standard InChI is InChI=1S/C18H20F4N2O6S/c1-31(27,28)24(30-17(26)18(20,21)22)16(25)13-7-12(10-4-5-10)15(8-14(13)19)29-11-3-2-6-23-9-11/h7-8,10-11,23H,2-6,9H2,1H3/t11-/m1/s1. The largest absolute Gasteiger partial charge is 0.493 e. The molecule has 0 bridgehead atoms. The van der Waals surface area contributed by atoms with E-state index in [1.807, 2.05) is 0 Å². The second-order valence-corrected chi connectivity index (χ2v) is 9.20. The molecule has 3 rings (SSSR count). The Hall–Kier alpha value is -2.41. The zero-order valence-electron chi connectivity index (χ0n) is 16.4. The Morgan fingerprint density at radius 2 is 1.87 bits per heavy atom. The van der Waals surface area contributed by atoms with Gasteiger partial charge < -0.3 is 14.9 Å². The van der Waals surface area contributed by atoms with E-state index >= 15 is 0 Å². The first-order valence-corrected chi connectivity index (χ1v) is 11.3. The molecule has 0 aromatic heterocycles. The highest BCUT2D eigenvalue weighted by atomic mass is 32.2. The minimum Gasteiger partial charge on any atom is -0.489 e. The number of halogens is 4. The highest BCUT2D eigenvalue weighted by molar-refractivity contribution is 7.88. The van der Waals surface area contributed by atoms with Crippen molar-refractivity contribution in [3.63, 3.8) is 0 Å². The van der Waals surface area contributed by atoms with Crippen LogP contribution in [0.3, 0.4) is 0 Å². The van der Waals surface area contributed by atoms with Gasteiger partial charge in [0.2, 0.25) is 0 Å². The average Bonchev–Trinajstić information content (AvgIpc) is 3.50. The Kier molecular flexibility index (Phi) is 6.46. The molecule has 0 spiro atoms. The third-order valence-electron chi connectivity index (χ3n) is 4.76. The highest BCUT2D eigenvalue weighted by Crippen LogP contribution is 2.45. The van der Waals surface area contributed by atoms with Crippen LogP contribution in [-0.4, -0.2) is 56.4 Å². The van der Waals surface area contributed by atoms with E-state index in [2.05, 4.69) is 10.2 Å². The summed E-state index contributed by atoms with van der Waals surface area (Å²) in [6, 6.07) is 1.95. The molecule has 1 atom stereocenters. The van der Waals surface area contributed by atoms with E-state index in [0.717, 1.165) is 44.4 Å². The lowest BCUT2D eigenvalue weighted by atomic mass is 10.0. The number of piperidine rings is 1. The first-order valence-electron chi connectivity index (χ1n) is 9.42. The maximum atomic E-state index is 14.7. The molecule has 1 saturated carbocycles. The molecule has 1 aromatic carbocycles. The van der Waals surface area contributed by atoms with Gasteiger partial charge in [-0.2, -0.15) is 13.2 Å². The number of amides is 1. The minimum atomic E-state index is -5.56. The quantitative estimate of drug-likeness (QED) is 0.523. The summed E-state index contributed by atoms with van der Waals surface area (Å²) in [5, 5.41) is 3.14. The van der Waals surface area contributed by atoms with E-state index in [0.29, 0.717) is 18.4 Å². The van der Waals surface area contributed by atoms with E-state index in [1.54, 1.807) is 0 Å². The maximum Gasteiger partial charge on any atom is 0.493 e. The molecule has 1 amide bonds. The molecule has 1 aliphatic heterocycles. The van der Waals surface area contributed by atoms with Gasteiger partial charge in [0.05, 0.1) is 11.8 Å². The zero-order valence-corrected chi connectivity index (χ0v) is 17.2. The van der Waals surface area contributed by atoms with Crippen LogP contribution in [0.4, 0.5) is 17.6 Å². The lowest BCUT2D eigenvalue weighted by Gasteiger charge is -2.26. The molecule has 1 N–H and O–H groups in total. The summed E-state index contributed by atoms with van der Waals surface area (Å²) in [4.78, 5) is 27.4. The topological polar surface area (TPSA) is 102 Å². The van der Waals surface area contributed by atoms with Crippen LogP contribution in [0.25, 0.3) is 0 Å². The summed E-state index contributed by atoms with van der Waals surface area (Å²) in [5.74, 6) is -5.79. The molecule has 8 nitrogen and oxygen atoms in total. The van der Waals surface area contributed by atoms with E-state index in [-0.39, 0.29) is 17.8 Å².